The molecule has 1 aliphatic heterocycles. The van der Waals surface area contributed by atoms with Gasteiger partial charge in [0.2, 0.25) is 15.9 Å². The zero-order chi connectivity index (χ0) is 24.3. The van der Waals surface area contributed by atoms with Crippen molar-refractivity contribution < 1.29 is 18.0 Å². The number of nitrogens with zero attached hydrogens (tertiary/aromatic N) is 1. The van der Waals surface area contributed by atoms with Crippen LogP contribution in [-0.4, -0.2) is 37.6 Å². The van der Waals surface area contributed by atoms with Gasteiger partial charge >= 0.3 is 0 Å². The van der Waals surface area contributed by atoms with Crippen LogP contribution in [0.2, 0.25) is 5.02 Å². The van der Waals surface area contributed by atoms with Crippen molar-refractivity contribution in [3.63, 3.8) is 0 Å². The summed E-state index contributed by atoms with van der Waals surface area (Å²) in [5.74, 6) is -0.964. The Balaban J connectivity index is 1.42. The maximum atomic E-state index is 13.2. The molecule has 0 aliphatic carbocycles. The topological polar surface area (TPSA) is 95.6 Å². The second-order valence-corrected chi connectivity index (χ2v) is 10.4. The highest BCUT2D eigenvalue weighted by atomic mass is 35.5. The summed E-state index contributed by atoms with van der Waals surface area (Å²) in [6, 6.07) is 18.8. The Bertz CT molecular complexity index is 1360. The Morgan fingerprint density at radius 2 is 1.74 bits per heavy atom. The van der Waals surface area contributed by atoms with E-state index >= 15 is 0 Å². The number of hydrogen-bond donors (Lipinski definition) is 2. The van der Waals surface area contributed by atoms with Crippen molar-refractivity contribution in [1.82, 2.24) is 9.62 Å². The largest absolute Gasteiger partial charge is 0.343 e. The number of halogens is 1. The molecule has 0 saturated heterocycles. The molecule has 7 nitrogen and oxygen atoms in total. The first-order valence-corrected chi connectivity index (χ1v) is 12.6. The van der Waals surface area contributed by atoms with E-state index in [1.807, 2.05) is 24.3 Å². The van der Waals surface area contributed by atoms with Crippen molar-refractivity contribution in [2.75, 3.05) is 18.4 Å². The summed E-state index contributed by atoms with van der Waals surface area (Å²) >= 11 is 6.06. The second kappa shape index (κ2) is 9.97. The number of anilines is 1. The number of hydrogen-bond acceptors (Lipinski definition) is 4. The summed E-state index contributed by atoms with van der Waals surface area (Å²) in [5, 5.41) is 5.76. The minimum atomic E-state index is -3.78. The highest BCUT2D eigenvalue weighted by molar-refractivity contribution is 7.89. The molecule has 3 aromatic rings. The van der Waals surface area contributed by atoms with Gasteiger partial charge in [-0.2, -0.15) is 4.31 Å². The van der Waals surface area contributed by atoms with Crippen molar-refractivity contribution in [2.45, 2.75) is 24.8 Å². The van der Waals surface area contributed by atoms with E-state index in [4.69, 9.17) is 11.6 Å². The van der Waals surface area contributed by atoms with Crippen LogP contribution in [0.3, 0.4) is 0 Å². The Kier molecular flexibility index (Phi) is 7.02. The van der Waals surface area contributed by atoms with Crippen LogP contribution in [0.1, 0.15) is 27.0 Å². The van der Waals surface area contributed by atoms with Gasteiger partial charge in [-0.3, -0.25) is 9.59 Å². The molecule has 4 rings (SSSR count). The molecule has 2 N–H and O–H groups in total. The van der Waals surface area contributed by atoms with Gasteiger partial charge in [0.15, 0.2) is 0 Å². The normalized spacial score (nSPS) is 13.7. The molecule has 2 amide bonds. The maximum Gasteiger partial charge on any atom is 0.251 e. The molecule has 0 atom stereocenters. The standard InChI is InChI=1S/C25H24ClN3O4S/c1-17-22(26)10-5-11-23(17)28-24(30)15-27-25(31)19-8-4-9-21(14-19)34(32,33)29-13-12-18-6-2-3-7-20(18)16-29/h2-11,14H,12-13,15-16H2,1H3,(H,27,31)(H,28,30). The van der Waals surface area contributed by atoms with E-state index in [-0.39, 0.29) is 23.5 Å². The van der Waals surface area contributed by atoms with E-state index in [9.17, 15) is 18.0 Å². The Labute approximate surface area is 203 Å². The van der Waals surface area contributed by atoms with Crippen molar-refractivity contribution >= 4 is 39.1 Å². The molecule has 34 heavy (non-hydrogen) atoms. The van der Waals surface area contributed by atoms with E-state index in [0.717, 1.165) is 16.7 Å². The van der Waals surface area contributed by atoms with Crippen molar-refractivity contribution in [2.24, 2.45) is 0 Å². The highest BCUT2D eigenvalue weighted by Gasteiger charge is 2.28. The van der Waals surface area contributed by atoms with E-state index in [0.29, 0.717) is 23.7 Å². The molecule has 3 aromatic carbocycles. The lowest BCUT2D eigenvalue weighted by Gasteiger charge is -2.28. The van der Waals surface area contributed by atoms with Crippen molar-refractivity contribution in [3.05, 3.63) is 94.0 Å². The van der Waals surface area contributed by atoms with Gasteiger partial charge < -0.3 is 10.6 Å². The van der Waals surface area contributed by atoms with Gasteiger partial charge in [0.25, 0.3) is 5.91 Å². The smallest absolute Gasteiger partial charge is 0.251 e. The lowest BCUT2D eigenvalue weighted by molar-refractivity contribution is -0.115. The van der Waals surface area contributed by atoms with Gasteiger partial charge in [-0.05, 0) is 60.4 Å². The van der Waals surface area contributed by atoms with Crippen LogP contribution in [-0.2, 0) is 27.8 Å². The van der Waals surface area contributed by atoms with Gasteiger partial charge in [-0.15, -0.1) is 0 Å². The number of sulfonamides is 1. The fourth-order valence-corrected chi connectivity index (χ4v) is 5.46. The quantitative estimate of drug-likeness (QED) is 0.542. The minimum Gasteiger partial charge on any atom is -0.343 e. The third kappa shape index (κ3) is 5.14. The lowest BCUT2D eigenvalue weighted by Crippen LogP contribution is -2.36. The number of carbonyl (C=O) groups excluding carboxylic acids is 2. The van der Waals surface area contributed by atoms with Crippen LogP contribution >= 0.6 is 11.6 Å². The Hall–Kier alpha value is -3.20. The van der Waals surface area contributed by atoms with Gasteiger partial charge in [-0.1, -0.05) is 48.0 Å². The molecule has 0 bridgehead atoms. The molecule has 0 unspecified atom stereocenters. The number of carbonyl (C=O) groups is 2. The molecule has 1 heterocycles. The SMILES string of the molecule is Cc1c(Cl)cccc1NC(=O)CNC(=O)c1cccc(S(=O)(=O)N2CCc3ccccc3C2)c1. The number of fused-ring (bicyclic) bond motifs is 1. The fraction of sp³-hybridized carbons (Fsp3) is 0.200. The van der Waals surface area contributed by atoms with Gasteiger partial charge in [-0.25, -0.2) is 8.42 Å². The number of amides is 2. The van der Waals surface area contributed by atoms with E-state index in [2.05, 4.69) is 10.6 Å². The summed E-state index contributed by atoms with van der Waals surface area (Å²) < 4.78 is 27.9. The lowest BCUT2D eigenvalue weighted by atomic mass is 10.0. The van der Waals surface area contributed by atoms with Gasteiger partial charge in [0, 0.05) is 29.4 Å². The number of rotatable bonds is 6. The molecule has 1 aliphatic rings. The molecular weight excluding hydrogens is 474 g/mol. The summed E-state index contributed by atoms with van der Waals surface area (Å²) in [7, 11) is -3.78. The first-order chi connectivity index (χ1) is 16.3. The van der Waals surface area contributed by atoms with E-state index < -0.39 is 21.8 Å². The molecule has 0 spiro atoms. The minimum absolute atomic E-state index is 0.0403. The maximum absolute atomic E-state index is 13.2. The molecule has 0 fully saturated rings. The fourth-order valence-electron chi connectivity index (χ4n) is 3.82. The van der Waals surface area contributed by atoms with Crippen LogP contribution < -0.4 is 10.6 Å². The second-order valence-electron chi connectivity index (χ2n) is 8.03. The van der Waals surface area contributed by atoms with Crippen LogP contribution in [0.25, 0.3) is 0 Å². The van der Waals surface area contributed by atoms with Crippen LogP contribution in [0.15, 0.2) is 71.6 Å². The third-order valence-electron chi connectivity index (χ3n) is 5.78. The van der Waals surface area contributed by atoms with E-state index in [1.54, 1.807) is 25.1 Å². The van der Waals surface area contributed by atoms with Crippen molar-refractivity contribution in [3.8, 4) is 0 Å². The summed E-state index contributed by atoms with van der Waals surface area (Å²) in [4.78, 5) is 24.9. The first-order valence-electron chi connectivity index (χ1n) is 10.8. The number of benzene rings is 3. The van der Waals surface area contributed by atoms with E-state index in [1.165, 1.54) is 28.6 Å². The zero-order valence-electron chi connectivity index (χ0n) is 18.5. The Morgan fingerprint density at radius 1 is 1.00 bits per heavy atom. The highest BCUT2D eigenvalue weighted by Crippen LogP contribution is 2.25. The molecule has 0 radical (unpaired) electrons. The van der Waals surface area contributed by atoms with Gasteiger partial charge in [0.05, 0.1) is 11.4 Å². The van der Waals surface area contributed by atoms with Crippen LogP contribution in [0, 0.1) is 6.92 Å². The van der Waals surface area contributed by atoms with Crippen LogP contribution in [0.4, 0.5) is 5.69 Å². The Morgan fingerprint density at radius 3 is 2.53 bits per heavy atom. The average molecular weight is 498 g/mol. The summed E-state index contributed by atoms with van der Waals surface area (Å²) in [5.41, 5.74) is 3.57. The molecule has 176 valence electrons. The summed E-state index contributed by atoms with van der Waals surface area (Å²) in [6.45, 7) is 2.17. The third-order valence-corrected chi connectivity index (χ3v) is 8.03. The zero-order valence-corrected chi connectivity index (χ0v) is 20.1. The molecule has 9 heteroatoms. The molecule has 0 aromatic heterocycles. The first kappa shape index (κ1) is 23.9. The number of nitrogens with one attached hydrogen (secondary N) is 2. The van der Waals surface area contributed by atoms with Gasteiger partial charge in [0.1, 0.15) is 0 Å². The molecule has 0 saturated carbocycles. The monoisotopic (exact) mass is 497 g/mol. The van der Waals surface area contributed by atoms with Crippen molar-refractivity contribution in [1.29, 1.82) is 0 Å². The van der Waals surface area contributed by atoms with Crippen LogP contribution in [0.5, 0.6) is 0 Å². The molecular formula is C25H24ClN3O4S. The predicted molar refractivity (Wildman–Crippen MR) is 131 cm³/mol. The average Bonchev–Trinajstić information content (AvgIpc) is 2.85. The summed E-state index contributed by atoms with van der Waals surface area (Å²) in [6.07, 6.45) is 0.636. The predicted octanol–water partition coefficient (Wildman–Crippen LogP) is 3.76.